The molecule has 0 atom stereocenters. The number of benzene rings is 2. The molecule has 2 N–H and O–H groups in total. The summed E-state index contributed by atoms with van der Waals surface area (Å²) < 4.78 is 5.05. The zero-order valence-electron chi connectivity index (χ0n) is 10.9. The van der Waals surface area contributed by atoms with E-state index in [1.165, 1.54) is 13.2 Å². The second-order valence-corrected chi connectivity index (χ2v) is 5.87. The number of hydrogen-bond acceptors (Lipinski definition) is 3. The van der Waals surface area contributed by atoms with Crippen molar-refractivity contribution in [2.75, 3.05) is 12.4 Å². The Labute approximate surface area is 142 Å². The number of nitrogens with one attached hydrogen (secondary N) is 1. The van der Waals surface area contributed by atoms with E-state index in [1.807, 2.05) is 0 Å². The topological polar surface area (TPSA) is 41.5 Å². The van der Waals surface area contributed by atoms with Crippen LogP contribution >= 0.6 is 46.4 Å². The van der Waals surface area contributed by atoms with Crippen molar-refractivity contribution in [1.29, 1.82) is 0 Å². The van der Waals surface area contributed by atoms with Crippen molar-refractivity contribution in [1.82, 2.24) is 0 Å². The normalized spacial score (nSPS) is 10.5. The molecule has 21 heavy (non-hydrogen) atoms. The molecule has 0 radical (unpaired) electrons. The molecule has 0 amide bonds. The molecule has 0 unspecified atom stereocenters. The van der Waals surface area contributed by atoms with Crippen molar-refractivity contribution in [3.8, 4) is 11.5 Å². The highest BCUT2D eigenvalue weighted by Gasteiger charge is 2.11. The lowest BCUT2D eigenvalue weighted by Crippen LogP contribution is -2.01. The number of halogens is 4. The number of anilines is 1. The Morgan fingerprint density at radius 1 is 1.00 bits per heavy atom. The highest BCUT2D eigenvalue weighted by atomic mass is 35.5. The first kappa shape index (κ1) is 16.4. The van der Waals surface area contributed by atoms with Crippen molar-refractivity contribution < 1.29 is 9.84 Å². The van der Waals surface area contributed by atoms with Crippen LogP contribution in [0.2, 0.25) is 20.1 Å². The SMILES string of the molecule is COc1cc(Cl)cc(CNc2cc(Cl)c(Cl)cc2Cl)c1O. The largest absolute Gasteiger partial charge is 0.504 e. The molecule has 0 aromatic heterocycles. The minimum Gasteiger partial charge on any atom is -0.504 e. The zero-order valence-corrected chi connectivity index (χ0v) is 13.9. The van der Waals surface area contributed by atoms with E-state index in [0.717, 1.165) is 0 Å². The molecule has 2 aromatic carbocycles. The molecule has 112 valence electrons. The summed E-state index contributed by atoms with van der Waals surface area (Å²) in [6.07, 6.45) is 0. The molecule has 3 nitrogen and oxygen atoms in total. The highest BCUT2D eigenvalue weighted by Crippen LogP contribution is 2.36. The van der Waals surface area contributed by atoms with Gasteiger partial charge in [0.15, 0.2) is 11.5 Å². The quantitative estimate of drug-likeness (QED) is 0.689. The van der Waals surface area contributed by atoms with E-state index in [4.69, 9.17) is 51.1 Å². The number of phenolic OH excluding ortho intramolecular Hbond substituents is 1. The second kappa shape index (κ2) is 6.84. The van der Waals surface area contributed by atoms with Crippen LogP contribution in [-0.4, -0.2) is 12.2 Å². The second-order valence-electron chi connectivity index (χ2n) is 4.22. The van der Waals surface area contributed by atoms with Crippen LogP contribution in [-0.2, 0) is 6.54 Å². The molecule has 0 aliphatic rings. The van der Waals surface area contributed by atoms with Crippen LogP contribution in [0.15, 0.2) is 24.3 Å². The first-order valence-corrected chi connectivity index (χ1v) is 7.37. The van der Waals surface area contributed by atoms with E-state index in [-0.39, 0.29) is 5.75 Å². The fourth-order valence-electron chi connectivity index (χ4n) is 1.77. The van der Waals surface area contributed by atoms with Gasteiger partial charge in [0.2, 0.25) is 0 Å². The molecule has 0 saturated heterocycles. The lowest BCUT2D eigenvalue weighted by molar-refractivity contribution is 0.371. The summed E-state index contributed by atoms with van der Waals surface area (Å²) >= 11 is 23.9. The van der Waals surface area contributed by atoms with Crippen molar-refractivity contribution in [3.05, 3.63) is 49.9 Å². The summed E-state index contributed by atoms with van der Waals surface area (Å²) in [5.41, 5.74) is 1.17. The van der Waals surface area contributed by atoms with Crippen molar-refractivity contribution >= 4 is 52.1 Å². The number of phenols is 1. The summed E-state index contributed by atoms with van der Waals surface area (Å²) in [5.74, 6) is 0.324. The van der Waals surface area contributed by atoms with Crippen LogP contribution in [0.5, 0.6) is 11.5 Å². The van der Waals surface area contributed by atoms with Gasteiger partial charge in [-0.3, -0.25) is 0 Å². The molecule has 2 rings (SSSR count). The van der Waals surface area contributed by atoms with Crippen molar-refractivity contribution in [3.63, 3.8) is 0 Å². The number of methoxy groups -OCH3 is 1. The molecule has 7 heteroatoms. The molecule has 0 bridgehead atoms. The fourth-order valence-corrected chi connectivity index (χ4v) is 2.61. The van der Waals surface area contributed by atoms with Gasteiger partial charge in [0.05, 0.1) is 27.9 Å². The number of rotatable bonds is 4. The van der Waals surface area contributed by atoms with E-state index in [0.29, 0.717) is 43.6 Å². The first-order valence-electron chi connectivity index (χ1n) is 5.86. The van der Waals surface area contributed by atoms with Gasteiger partial charge in [0.25, 0.3) is 0 Å². The minimum atomic E-state index is 0.0191. The molecule has 0 spiro atoms. The smallest absolute Gasteiger partial charge is 0.162 e. The van der Waals surface area contributed by atoms with Gasteiger partial charge < -0.3 is 15.2 Å². The number of aromatic hydroxyl groups is 1. The lowest BCUT2D eigenvalue weighted by atomic mass is 10.1. The molecule has 0 aliphatic carbocycles. The predicted molar refractivity (Wildman–Crippen MR) is 88.5 cm³/mol. The third kappa shape index (κ3) is 3.80. The summed E-state index contributed by atoms with van der Waals surface area (Å²) in [5, 5.41) is 14.8. The zero-order chi connectivity index (χ0) is 15.6. The Morgan fingerprint density at radius 3 is 2.33 bits per heavy atom. The molecule has 0 heterocycles. The molecular formula is C14H11Cl4NO2. The minimum absolute atomic E-state index is 0.0191. The summed E-state index contributed by atoms with van der Waals surface area (Å²) in [4.78, 5) is 0. The van der Waals surface area contributed by atoms with Gasteiger partial charge in [-0.15, -0.1) is 0 Å². The van der Waals surface area contributed by atoms with Crippen molar-refractivity contribution in [2.24, 2.45) is 0 Å². The molecule has 0 aliphatic heterocycles. The fraction of sp³-hybridized carbons (Fsp3) is 0.143. The van der Waals surface area contributed by atoms with Gasteiger partial charge in [-0.25, -0.2) is 0 Å². The maximum absolute atomic E-state index is 10.1. The van der Waals surface area contributed by atoms with Gasteiger partial charge >= 0.3 is 0 Å². The Bertz CT molecular complexity index is 677. The Kier molecular flexibility index (Phi) is 5.33. The molecule has 0 saturated carbocycles. The summed E-state index contributed by atoms with van der Waals surface area (Å²) in [7, 11) is 1.46. The van der Waals surface area contributed by atoms with E-state index in [1.54, 1.807) is 18.2 Å². The Morgan fingerprint density at radius 2 is 1.67 bits per heavy atom. The summed E-state index contributed by atoms with van der Waals surface area (Å²) in [6, 6.07) is 6.33. The van der Waals surface area contributed by atoms with Crippen LogP contribution < -0.4 is 10.1 Å². The standard InChI is InChI=1S/C14H11Cl4NO2/c1-21-13-3-8(15)2-7(14(13)20)6-19-12-5-10(17)9(16)4-11(12)18/h2-5,19-20H,6H2,1H3. The first-order chi connectivity index (χ1) is 9.92. The molecular weight excluding hydrogens is 356 g/mol. The van der Waals surface area contributed by atoms with Crippen LogP contribution in [0.3, 0.4) is 0 Å². The Balaban J connectivity index is 2.24. The maximum atomic E-state index is 10.1. The van der Waals surface area contributed by atoms with Crippen LogP contribution in [0.25, 0.3) is 0 Å². The highest BCUT2D eigenvalue weighted by molar-refractivity contribution is 6.44. The van der Waals surface area contributed by atoms with E-state index < -0.39 is 0 Å². The van der Waals surface area contributed by atoms with Crippen LogP contribution in [0.1, 0.15) is 5.56 Å². The molecule has 0 fully saturated rings. The van der Waals surface area contributed by atoms with Gasteiger partial charge in [0.1, 0.15) is 0 Å². The third-order valence-electron chi connectivity index (χ3n) is 2.82. The monoisotopic (exact) mass is 365 g/mol. The van der Waals surface area contributed by atoms with E-state index in [9.17, 15) is 5.11 Å². The van der Waals surface area contributed by atoms with Crippen LogP contribution in [0.4, 0.5) is 5.69 Å². The Hall–Kier alpha value is -1.00. The van der Waals surface area contributed by atoms with Crippen LogP contribution in [0, 0.1) is 0 Å². The lowest BCUT2D eigenvalue weighted by Gasteiger charge is -2.13. The number of hydrogen-bond donors (Lipinski definition) is 2. The van der Waals surface area contributed by atoms with E-state index >= 15 is 0 Å². The van der Waals surface area contributed by atoms with Gasteiger partial charge in [0, 0.05) is 23.2 Å². The van der Waals surface area contributed by atoms with Gasteiger partial charge in [-0.1, -0.05) is 46.4 Å². The van der Waals surface area contributed by atoms with Crippen molar-refractivity contribution in [2.45, 2.75) is 6.54 Å². The third-order valence-corrected chi connectivity index (χ3v) is 4.07. The van der Waals surface area contributed by atoms with E-state index in [2.05, 4.69) is 5.32 Å². The predicted octanol–water partition coefficient (Wildman–Crippen LogP) is 5.63. The average Bonchev–Trinajstić information content (AvgIpc) is 2.44. The maximum Gasteiger partial charge on any atom is 0.162 e. The van der Waals surface area contributed by atoms with Gasteiger partial charge in [-0.05, 0) is 18.2 Å². The summed E-state index contributed by atoms with van der Waals surface area (Å²) in [6.45, 7) is 0.292. The molecule has 2 aromatic rings. The number of ether oxygens (including phenoxy) is 1. The van der Waals surface area contributed by atoms with Gasteiger partial charge in [-0.2, -0.15) is 0 Å². The average molecular weight is 367 g/mol.